The number of nitrogens with one attached hydrogen (secondary N) is 1. The fourth-order valence-electron chi connectivity index (χ4n) is 2.90. The van der Waals surface area contributed by atoms with Crippen LogP contribution in [0.1, 0.15) is 30.8 Å². The van der Waals surface area contributed by atoms with E-state index in [0.717, 1.165) is 22.5 Å². The predicted molar refractivity (Wildman–Crippen MR) is 101 cm³/mol. The van der Waals surface area contributed by atoms with Crippen molar-refractivity contribution in [1.82, 2.24) is 14.7 Å². The van der Waals surface area contributed by atoms with Crippen molar-refractivity contribution >= 4 is 17.0 Å². The summed E-state index contributed by atoms with van der Waals surface area (Å²) in [5, 5.41) is 2.89. The number of aromatic nitrogens is 2. The number of imidazole rings is 1. The summed E-state index contributed by atoms with van der Waals surface area (Å²) in [4.78, 5) is 16.8. The van der Waals surface area contributed by atoms with E-state index < -0.39 is 0 Å². The molecular weight excluding hydrogens is 329 g/mol. The van der Waals surface area contributed by atoms with Crippen molar-refractivity contribution in [1.29, 1.82) is 0 Å². The fraction of sp³-hybridized carbons (Fsp3) is 0.238. The molecule has 0 atom stereocenters. The zero-order chi connectivity index (χ0) is 18.7. The van der Waals surface area contributed by atoms with Gasteiger partial charge < -0.3 is 9.72 Å². The summed E-state index contributed by atoms with van der Waals surface area (Å²) in [6.07, 6.45) is 5.28. The van der Waals surface area contributed by atoms with Crippen LogP contribution in [0.3, 0.4) is 0 Å². The first kappa shape index (κ1) is 17.9. The Hall–Kier alpha value is -2.95. The van der Waals surface area contributed by atoms with E-state index in [0.29, 0.717) is 12.1 Å². The van der Waals surface area contributed by atoms with Crippen LogP contribution in [-0.4, -0.2) is 15.3 Å². The van der Waals surface area contributed by atoms with E-state index in [9.17, 15) is 9.18 Å². The van der Waals surface area contributed by atoms with Gasteiger partial charge in [-0.3, -0.25) is 4.79 Å². The fourth-order valence-corrected chi connectivity index (χ4v) is 2.90. The van der Waals surface area contributed by atoms with Crippen molar-refractivity contribution in [3.63, 3.8) is 0 Å². The van der Waals surface area contributed by atoms with E-state index in [2.05, 4.69) is 10.3 Å². The second-order valence-corrected chi connectivity index (χ2v) is 6.61. The Morgan fingerprint density at radius 1 is 1.31 bits per heavy atom. The molecule has 0 spiro atoms. The number of fused-ring (bicyclic) bond motifs is 1. The van der Waals surface area contributed by atoms with E-state index in [-0.39, 0.29) is 17.6 Å². The van der Waals surface area contributed by atoms with E-state index in [1.807, 2.05) is 42.6 Å². The van der Waals surface area contributed by atoms with Crippen molar-refractivity contribution in [2.24, 2.45) is 5.92 Å². The zero-order valence-corrected chi connectivity index (χ0v) is 15.2. The monoisotopic (exact) mass is 351 g/mol. The molecule has 3 rings (SSSR count). The lowest BCUT2D eigenvalue weighted by Crippen LogP contribution is -2.22. The molecule has 1 amide bonds. The summed E-state index contributed by atoms with van der Waals surface area (Å²) < 4.78 is 15.5. The average molecular weight is 351 g/mol. The number of nitrogens with zero attached hydrogens (tertiary/aromatic N) is 2. The molecule has 0 fully saturated rings. The van der Waals surface area contributed by atoms with Gasteiger partial charge in [0.25, 0.3) is 0 Å². The summed E-state index contributed by atoms with van der Waals surface area (Å²) in [5.74, 6) is 0.472. The Labute approximate surface area is 152 Å². The molecule has 1 aromatic carbocycles. The van der Waals surface area contributed by atoms with Gasteiger partial charge in [-0.15, -0.1) is 0 Å². The van der Waals surface area contributed by atoms with Crippen LogP contribution >= 0.6 is 0 Å². The molecule has 0 aliphatic carbocycles. The van der Waals surface area contributed by atoms with Crippen LogP contribution in [0.25, 0.3) is 11.1 Å². The van der Waals surface area contributed by atoms with Gasteiger partial charge in [0.2, 0.25) is 5.91 Å². The number of carbonyl (C=O) groups excluding carboxylic acids is 1. The Morgan fingerprint density at radius 3 is 2.85 bits per heavy atom. The van der Waals surface area contributed by atoms with Crippen molar-refractivity contribution < 1.29 is 9.18 Å². The highest BCUT2D eigenvalue weighted by molar-refractivity contribution is 5.95. The third-order valence-corrected chi connectivity index (χ3v) is 4.34. The molecule has 0 aliphatic rings. The quantitative estimate of drug-likeness (QED) is 0.702. The van der Waals surface area contributed by atoms with Crippen molar-refractivity contribution in [2.75, 3.05) is 0 Å². The van der Waals surface area contributed by atoms with Crippen LogP contribution in [0.4, 0.5) is 4.39 Å². The van der Waals surface area contributed by atoms with Crippen molar-refractivity contribution in [3.8, 4) is 0 Å². The molecular formula is C21H22FN3O. The number of rotatable bonds is 5. The van der Waals surface area contributed by atoms with Crippen molar-refractivity contribution in [3.05, 3.63) is 77.6 Å². The van der Waals surface area contributed by atoms with Crippen LogP contribution in [0.2, 0.25) is 0 Å². The van der Waals surface area contributed by atoms with Gasteiger partial charge in [-0.25, -0.2) is 9.37 Å². The molecule has 1 N–H and O–H groups in total. The zero-order valence-electron chi connectivity index (χ0n) is 15.2. The molecule has 134 valence electrons. The van der Waals surface area contributed by atoms with Crippen LogP contribution in [0.5, 0.6) is 0 Å². The van der Waals surface area contributed by atoms with E-state index in [4.69, 9.17) is 0 Å². The van der Waals surface area contributed by atoms with Gasteiger partial charge in [-0.05, 0) is 53.8 Å². The second kappa shape index (κ2) is 7.52. The maximum atomic E-state index is 13.5. The molecule has 5 heteroatoms. The molecule has 0 bridgehead atoms. The molecule has 0 radical (unpaired) electrons. The number of carbonyl (C=O) groups is 1. The van der Waals surface area contributed by atoms with Gasteiger partial charge in [0.15, 0.2) is 0 Å². The lowest BCUT2D eigenvalue weighted by molar-refractivity contribution is -0.116. The molecule has 2 heterocycles. The number of aryl methyl sites for hydroxylation is 1. The predicted octanol–water partition coefficient (Wildman–Crippen LogP) is 4.14. The molecule has 0 saturated carbocycles. The van der Waals surface area contributed by atoms with Gasteiger partial charge >= 0.3 is 0 Å². The smallest absolute Gasteiger partial charge is 0.244 e. The SMILES string of the molecule is Cc1cc(/C(=C/C(=O)NCc2ncc3ccccn23)C(C)C)ccc1F. The molecule has 2 aromatic heterocycles. The molecule has 0 unspecified atom stereocenters. The molecule has 3 aromatic rings. The Kier molecular flexibility index (Phi) is 5.16. The highest BCUT2D eigenvalue weighted by Gasteiger charge is 2.11. The maximum Gasteiger partial charge on any atom is 0.244 e. The van der Waals surface area contributed by atoms with Gasteiger partial charge in [-0.2, -0.15) is 0 Å². The Bertz CT molecular complexity index is 972. The number of benzene rings is 1. The summed E-state index contributed by atoms with van der Waals surface area (Å²) in [6, 6.07) is 10.8. The summed E-state index contributed by atoms with van der Waals surface area (Å²) in [7, 11) is 0. The minimum Gasteiger partial charge on any atom is -0.345 e. The van der Waals surface area contributed by atoms with Gasteiger partial charge in [-0.1, -0.05) is 26.0 Å². The van der Waals surface area contributed by atoms with E-state index in [1.54, 1.807) is 31.3 Å². The topological polar surface area (TPSA) is 46.4 Å². The number of hydrogen-bond donors (Lipinski definition) is 1. The normalized spacial score (nSPS) is 12.0. The number of amides is 1. The van der Waals surface area contributed by atoms with E-state index >= 15 is 0 Å². The number of halogens is 1. The average Bonchev–Trinajstić information content (AvgIpc) is 3.03. The number of allylic oxidation sites excluding steroid dienone is 1. The second-order valence-electron chi connectivity index (χ2n) is 6.61. The first-order valence-electron chi connectivity index (χ1n) is 8.62. The Balaban J connectivity index is 1.77. The first-order valence-corrected chi connectivity index (χ1v) is 8.62. The van der Waals surface area contributed by atoms with Crippen LogP contribution in [-0.2, 0) is 11.3 Å². The van der Waals surface area contributed by atoms with Crippen LogP contribution < -0.4 is 5.32 Å². The van der Waals surface area contributed by atoms with E-state index in [1.165, 1.54) is 6.07 Å². The number of hydrogen-bond acceptors (Lipinski definition) is 2. The lowest BCUT2D eigenvalue weighted by atomic mass is 9.93. The lowest BCUT2D eigenvalue weighted by Gasteiger charge is -2.13. The highest BCUT2D eigenvalue weighted by Crippen LogP contribution is 2.24. The standard InChI is InChI=1S/C21H22FN3O/c1-14(2)18(16-7-8-19(22)15(3)10-16)11-21(26)24-13-20-23-12-17-6-4-5-9-25(17)20/h4-12,14H,13H2,1-3H3,(H,24,26)/b18-11+. The largest absolute Gasteiger partial charge is 0.345 e. The molecule has 26 heavy (non-hydrogen) atoms. The minimum absolute atomic E-state index is 0.137. The van der Waals surface area contributed by atoms with Crippen LogP contribution in [0, 0.1) is 18.7 Å². The minimum atomic E-state index is -0.243. The summed E-state index contributed by atoms with van der Waals surface area (Å²) in [5.41, 5.74) is 3.29. The van der Waals surface area contributed by atoms with Crippen molar-refractivity contribution in [2.45, 2.75) is 27.3 Å². The molecule has 0 saturated heterocycles. The van der Waals surface area contributed by atoms with Gasteiger partial charge in [0.1, 0.15) is 11.6 Å². The third-order valence-electron chi connectivity index (χ3n) is 4.34. The Morgan fingerprint density at radius 2 is 2.12 bits per heavy atom. The highest BCUT2D eigenvalue weighted by atomic mass is 19.1. The summed E-state index contributed by atoms with van der Waals surface area (Å²) >= 11 is 0. The third kappa shape index (κ3) is 3.82. The van der Waals surface area contributed by atoms with Gasteiger partial charge in [0.05, 0.1) is 18.3 Å². The molecule has 4 nitrogen and oxygen atoms in total. The maximum absolute atomic E-state index is 13.5. The molecule has 0 aliphatic heterocycles. The number of pyridine rings is 1. The summed E-state index contributed by atoms with van der Waals surface area (Å²) in [6.45, 7) is 6.08. The van der Waals surface area contributed by atoms with Gasteiger partial charge in [0, 0.05) is 12.3 Å². The van der Waals surface area contributed by atoms with Crippen LogP contribution in [0.15, 0.2) is 54.9 Å². The first-order chi connectivity index (χ1) is 12.5.